The number of aromatic nitrogens is 1. The Bertz CT molecular complexity index is 618. The number of amides is 1. The number of hydrogen-bond donors (Lipinski definition) is 0. The van der Waals surface area contributed by atoms with Crippen LogP contribution in [0, 0.1) is 0 Å². The molecule has 0 aliphatic heterocycles. The number of rotatable bonds is 5. The zero-order chi connectivity index (χ0) is 14.5. The van der Waals surface area contributed by atoms with Gasteiger partial charge in [0.15, 0.2) is 0 Å². The third kappa shape index (κ3) is 3.78. The summed E-state index contributed by atoms with van der Waals surface area (Å²) in [7, 11) is 0. The van der Waals surface area contributed by atoms with E-state index in [9.17, 15) is 4.79 Å². The van der Waals surface area contributed by atoms with Crippen molar-refractivity contribution in [3.8, 4) is 0 Å². The molecule has 0 radical (unpaired) electrons. The van der Waals surface area contributed by atoms with E-state index in [1.807, 2.05) is 41.3 Å². The van der Waals surface area contributed by atoms with Crippen molar-refractivity contribution in [3.05, 3.63) is 72.1 Å². The van der Waals surface area contributed by atoms with Crippen LogP contribution in [0.1, 0.15) is 24.0 Å². The molecule has 1 amide bonds. The van der Waals surface area contributed by atoms with Crippen molar-refractivity contribution in [2.75, 3.05) is 0 Å². The quantitative estimate of drug-likeness (QED) is 0.786. The van der Waals surface area contributed by atoms with Crippen LogP contribution in [0.15, 0.2) is 60.9 Å². The second-order valence-corrected chi connectivity index (χ2v) is 5.30. The molecule has 0 atom stereocenters. The molecule has 106 valence electrons. The Balaban J connectivity index is 1.69. The molecule has 1 aromatic heterocycles. The minimum Gasteiger partial charge on any atom is -0.332 e. The van der Waals surface area contributed by atoms with Crippen LogP contribution in [0.5, 0.6) is 0 Å². The molecule has 1 saturated carbocycles. The molecule has 1 aliphatic rings. The van der Waals surface area contributed by atoms with Crippen molar-refractivity contribution in [2.45, 2.75) is 25.4 Å². The van der Waals surface area contributed by atoms with Gasteiger partial charge in [-0.1, -0.05) is 36.4 Å². The molecule has 2 aromatic rings. The topological polar surface area (TPSA) is 33.2 Å². The van der Waals surface area contributed by atoms with E-state index in [2.05, 4.69) is 17.1 Å². The van der Waals surface area contributed by atoms with Gasteiger partial charge < -0.3 is 4.90 Å². The van der Waals surface area contributed by atoms with E-state index < -0.39 is 0 Å². The fourth-order valence-electron chi connectivity index (χ4n) is 2.29. The van der Waals surface area contributed by atoms with E-state index in [1.165, 1.54) is 5.56 Å². The van der Waals surface area contributed by atoms with E-state index in [-0.39, 0.29) is 5.91 Å². The third-order valence-corrected chi connectivity index (χ3v) is 3.57. The van der Waals surface area contributed by atoms with Gasteiger partial charge in [0, 0.05) is 31.1 Å². The Kier molecular flexibility index (Phi) is 4.10. The number of carbonyl (C=O) groups is 1. The molecule has 0 bridgehead atoms. The normalized spacial score (nSPS) is 14.3. The Labute approximate surface area is 124 Å². The summed E-state index contributed by atoms with van der Waals surface area (Å²) < 4.78 is 0. The van der Waals surface area contributed by atoms with Gasteiger partial charge in [0.05, 0.1) is 0 Å². The zero-order valence-electron chi connectivity index (χ0n) is 11.9. The van der Waals surface area contributed by atoms with E-state index >= 15 is 0 Å². The lowest BCUT2D eigenvalue weighted by Crippen LogP contribution is -2.31. The lowest BCUT2D eigenvalue weighted by molar-refractivity contribution is -0.127. The Morgan fingerprint density at radius 3 is 2.67 bits per heavy atom. The molecule has 21 heavy (non-hydrogen) atoms. The van der Waals surface area contributed by atoms with Crippen molar-refractivity contribution in [3.63, 3.8) is 0 Å². The predicted molar refractivity (Wildman–Crippen MR) is 83.3 cm³/mol. The van der Waals surface area contributed by atoms with Crippen LogP contribution in [-0.4, -0.2) is 21.8 Å². The van der Waals surface area contributed by atoms with E-state index in [4.69, 9.17) is 0 Å². The minimum absolute atomic E-state index is 0.0743. The summed E-state index contributed by atoms with van der Waals surface area (Å²) in [6.45, 7) is 0.682. The first kappa shape index (κ1) is 13.6. The molecule has 1 aliphatic carbocycles. The SMILES string of the molecule is O=C(/C=C/c1cccnc1)N(Cc1ccccc1)C1CC1. The molecule has 0 N–H and O–H groups in total. The number of pyridine rings is 1. The van der Waals surface area contributed by atoms with Crippen molar-refractivity contribution in [1.82, 2.24) is 9.88 Å². The maximum atomic E-state index is 12.4. The molecule has 1 aromatic carbocycles. The predicted octanol–water partition coefficient (Wildman–Crippen LogP) is 3.29. The molecule has 0 spiro atoms. The molecule has 3 rings (SSSR count). The van der Waals surface area contributed by atoms with Gasteiger partial charge in [-0.15, -0.1) is 0 Å². The summed E-state index contributed by atoms with van der Waals surface area (Å²) >= 11 is 0. The van der Waals surface area contributed by atoms with Gasteiger partial charge in [-0.2, -0.15) is 0 Å². The van der Waals surface area contributed by atoms with Crippen LogP contribution in [0.2, 0.25) is 0 Å². The Morgan fingerprint density at radius 2 is 2.00 bits per heavy atom. The van der Waals surface area contributed by atoms with Crippen molar-refractivity contribution in [2.24, 2.45) is 0 Å². The van der Waals surface area contributed by atoms with Crippen LogP contribution >= 0.6 is 0 Å². The highest BCUT2D eigenvalue weighted by atomic mass is 16.2. The van der Waals surface area contributed by atoms with E-state index in [0.29, 0.717) is 12.6 Å². The van der Waals surface area contributed by atoms with Crippen LogP contribution < -0.4 is 0 Å². The summed E-state index contributed by atoms with van der Waals surface area (Å²) in [6.07, 6.45) is 9.18. The molecule has 3 heteroatoms. The van der Waals surface area contributed by atoms with Gasteiger partial charge in [0.1, 0.15) is 0 Å². The highest BCUT2D eigenvalue weighted by Gasteiger charge is 2.31. The fraction of sp³-hybridized carbons (Fsp3) is 0.222. The summed E-state index contributed by atoms with van der Waals surface area (Å²) in [5.74, 6) is 0.0743. The average Bonchev–Trinajstić information content (AvgIpc) is 3.37. The number of hydrogen-bond acceptors (Lipinski definition) is 2. The highest BCUT2D eigenvalue weighted by Crippen LogP contribution is 2.28. The van der Waals surface area contributed by atoms with Gasteiger partial charge >= 0.3 is 0 Å². The molecular weight excluding hydrogens is 260 g/mol. The molecule has 1 fully saturated rings. The first-order valence-corrected chi connectivity index (χ1v) is 7.25. The second-order valence-electron chi connectivity index (χ2n) is 5.30. The number of benzene rings is 1. The number of nitrogens with zero attached hydrogens (tertiary/aromatic N) is 2. The first-order valence-electron chi connectivity index (χ1n) is 7.25. The van der Waals surface area contributed by atoms with Gasteiger partial charge in [0.2, 0.25) is 5.91 Å². The van der Waals surface area contributed by atoms with Crippen molar-refractivity contribution < 1.29 is 4.79 Å². The van der Waals surface area contributed by atoms with Crippen LogP contribution in [0.4, 0.5) is 0 Å². The maximum absolute atomic E-state index is 12.4. The average molecular weight is 278 g/mol. The summed E-state index contributed by atoms with van der Waals surface area (Å²) in [5.41, 5.74) is 2.12. The Hall–Kier alpha value is -2.42. The summed E-state index contributed by atoms with van der Waals surface area (Å²) in [6, 6.07) is 14.3. The molecule has 0 unspecified atom stereocenters. The minimum atomic E-state index is 0.0743. The standard InChI is InChI=1S/C18H18N2O/c21-18(11-8-15-7-4-12-19-13-15)20(17-9-10-17)14-16-5-2-1-3-6-16/h1-8,11-13,17H,9-10,14H2/b11-8+. The highest BCUT2D eigenvalue weighted by molar-refractivity contribution is 5.92. The van der Waals surface area contributed by atoms with Crippen molar-refractivity contribution >= 4 is 12.0 Å². The summed E-state index contributed by atoms with van der Waals surface area (Å²) in [5, 5.41) is 0. The van der Waals surface area contributed by atoms with Gasteiger partial charge in [-0.05, 0) is 36.1 Å². The lowest BCUT2D eigenvalue weighted by Gasteiger charge is -2.21. The first-order chi connectivity index (χ1) is 10.3. The van der Waals surface area contributed by atoms with Crippen molar-refractivity contribution in [1.29, 1.82) is 0 Å². The molecule has 3 nitrogen and oxygen atoms in total. The number of carbonyl (C=O) groups excluding carboxylic acids is 1. The fourth-order valence-corrected chi connectivity index (χ4v) is 2.29. The maximum Gasteiger partial charge on any atom is 0.247 e. The largest absolute Gasteiger partial charge is 0.332 e. The summed E-state index contributed by atoms with van der Waals surface area (Å²) in [4.78, 5) is 18.4. The van der Waals surface area contributed by atoms with E-state index in [0.717, 1.165) is 18.4 Å². The second kappa shape index (κ2) is 6.35. The van der Waals surface area contributed by atoms with Crippen LogP contribution in [-0.2, 0) is 11.3 Å². The Morgan fingerprint density at radius 1 is 1.19 bits per heavy atom. The monoisotopic (exact) mass is 278 g/mol. The third-order valence-electron chi connectivity index (χ3n) is 3.57. The zero-order valence-corrected chi connectivity index (χ0v) is 11.9. The smallest absolute Gasteiger partial charge is 0.247 e. The van der Waals surface area contributed by atoms with E-state index in [1.54, 1.807) is 18.5 Å². The molecule has 0 saturated heterocycles. The van der Waals surface area contributed by atoms with Gasteiger partial charge in [-0.25, -0.2) is 0 Å². The van der Waals surface area contributed by atoms with Crippen LogP contribution in [0.3, 0.4) is 0 Å². The van der Waals surface area contributed by atoms with Crippen LogP contribution in [0.25, 0.3) is 6.08 Å². The van der Waals surface area contributed by atoms with Gasteiger partial charge in [0.25, 0.3) is 0 Å². The van der Waals surface area contributed by atoms with Gasteiger partial charge in [-0.3, -0.25) is 9.78 Å². The molecule has 1 heterocycles. The lowest BCUT2D eigenvalue weighted by atomic mass is 10.2. The molecular formula is C18H18N2O.